The molecule has 0 aliphatic heterocycles. The minimum absolute atomic E-state index is 0.160. The van der Waals surface area contributed by atoms with Crippen molar-refractivity contribution in [1.29, 1.82) is 0 Å². The summed E-state index contributed by atoms with van der Waals surface area (Å²) in [4.78, 5) is 25.0. The van der Waals surface area contributed by atoms with Crippen LogP contribution in [0.3, 0.4) is 0 Å². The number of carbonyl (C=O) groups excluding carboxylic acids is 2. The number of hydrogen-bond acceptors (Lipinski definition) is 4. The first-order valence-electron chi connectivity index (χ1n) is 8.08. The van der Waals surface area contributed by atoms with Gasteiger partial charge in [0.15, 0.2) is 0 Å². The molecule has 1 aromatic heterocycles. The number of nitrogens with one attached hydrogen (secondary N) is 1. The van der Waals surface area contributed by atoms with Gasteiger partial charge < -0.3 is 10.1 Å². The van der Waals surface area contributed by atoms with Gasteiger partial charge >= 0.3 is 5.97 Å². The summed E-state index contributed by atoms with van der Waals surface area (Å²) in [5, 5.41) is 5.14. The van der Waals surface area contributed by atoms with Crippen LogP contribution in [0, 0.1) is 0 Å². The standard InChI is InChI=1S/C17H25NO3S/c1-21-15(19)9-3-6-12-18-16(20)17(10-4-2-5-11-17)14-8-7-13-22-14/h7-8,13H,2-6,9-12H2,1H3,(H,18,20). The lowest BCUT2D eigenvalue weighted by Gasteiger charge is -2.35. The van der Waals surface area contributed by atoms with Gasteiger partial charge in [0, 0.05) is 17.8 Å². The number of ether oxygens (including phenoxy) is 1. The van der Waals surface area contributed by atoms with Gasteiger partial charge in [0.25, 0.3) is 0 Å². The van der Waals surface area contributed by atoms with Crippen molar-refractivity contribution in [3.63, 3.8) is 0 Å². The summed E-state index contributed by atoms with van der Waals surface area (Å²) in [6.07, 6.45) is 7.33. The van der Waals surface area contributed by atoms with Crippen LogP contribution in [0.5, 0.6) is 0 Å². The molecule has 1 aromatic rings. The van der Waals surface area contributed by atoms with Crippen molar-refractivity contribution in [2.75, 3.05) is 13.7 Å². The zero-order valence-electron chi connectivity index (χ0n) is 13.2. The van der Waals surface area contributed by atoms with Gasteiger partial charge in [-0.25, -0.2) is 0 Å². The molecule has 1 aliphatic carbocycles. The van der Waals surface area contributed by atoms with E-state index in [1.807, 2.05) is 6.07 Å². The van der Waals surface area contributed by atoms with Crippen LogP contribution >= 0.6 is 11.3 Å². The molecule has 1 N–H and O–H groups in total. The fraction of sp³-hybridized carbons (Fsp3) is 0.647. The van der Waals surface area contributed by atoms with Gasteiger partial charge in [-0.2, -0.15) is 0 Å². The molecular formula is C17H25NO3S. The Bertz CT molecular complexity index is 478. The molecule has 1 aliphatic rings. The number of rotatable bonds is 7. The van der Waals surface area contributed by atoms with Crippen molar-refractivity contribution in [3.8, 4) is 0 Å². The van der Waals surface area contributed by atoms with Gasteiger partial charge in [-0.05, 0) is 37.1 Å². The maximum Gasteiger partial charge on any atom is 0.305 e. The SMILES string of the molecule is COC(=O)CCCCNC(=O)C1(c2cccs2)CCCCC1. The lowest BCUT2D eigenvalue weighted by molar-refractivity contribution is -0.140. The van der Waals surface area contributed by atoms with Crippen molar-refractivity contribution in [2.45, 2.75) is 56.8 Å². The van der Waals surface area contributed by atoms with E-state index < -0.39 is 0 Å². The molecule has 122 valence electrons. The zero-order chi connectivity index (χ0) is 15.8. The van der Waals surface area contributed by atoms with Crippen molar-refractivity contribution >= 4 is 23.2 Å². The molecule has 1 saturated carbocycles. The fourth-order valence-corrected chi connectivity index (χ4v) is 4.14. The Morgan fingerprint density at radius 3 is 2.68 bits per heavy atom. The molecule has 0 saturated heterocycles. The van der Waals surface area contributed by atoms with Gasteiger partial charge in [-0.15, -0.1) is 11.3 Å². The van der Waals surface area contributed by atoms with Crippen molar-refractivity contribution in [1.82, 2.24) is 5.32 Å². The van der Waals surface area contributed by atoms with E-state index in [1.165, 1.54) is 18.4 Å². The summed E-state index contributed by atoms with van der Waals surface area (Å²) in [6, 6.07) is 4.12. The molecule has 1 fully saturated rings. The Kier molecular flexibility index (Phi) is 6.43. The molecular weight excluding hydrogens is 298 g/mol. The van der Waals surface area contributed by atoms with Crippen LogP contribution in [0.4, 0.5) is 0 Å². The maximum atomic E-state index is 12.8. The van der Waals surface area contributed by atoms with Crippen molar-refractivity contribution in [2.24, 2.45) is 0 Å². The second-order valence-corrected chi connectivity index (χ2v) is 6.86. The first-order chi connectivity index (χ1) is 10.7. The van der Waals surface area contributed by atoms with E-state index in [0.29, 0.717) is 13.0 Å². The second kappa shape index (κ2) is 8.32. The van der Waals surface area contributed by atoms with Crippen LogP contribution in [0.15, 0.2) is 17.5 Å². The molecule has 0 bridgehead atoms. The van der Waals surface area contributed by atoms with E-state index in [0.717, 1.165) is 38.5 Å². The molecule has 1 amide bonds. The average molecular weight is 323 g/mol. The summed E-state index contributed by atoms with van der Waals surface area (Å²) >= 11 is 1.69. The maximum absolute atomic E-state index is 12.8. The molecule has 22 heavy (non-hydrogen) atoms. The molecule has 0 unspecified atom stereocenters. The highest BCUT2D eigenvalue weighted by Gasteiger charge is 2.41. The molecule has 1 heterocycles. The lowest BCUT2D eigenvalue weighted by Crippen LogP contribution is -2.45. The summed E-state index contributed by atoms with van der Waals surface area (Å²) in [5.74, 6) is -0.0265. The van der Waals surface area contributed by atoms with Gasteiger partial charge in [0.2, 0.25) is 5.91 Å². The normalized spacial score (nSPS) is 17.0. The highest BCUT2D eigenvalue weighted by atomic mass is 32.1. The van der Waals surface area contributed by atoms with Gasteiger partial charge in [0.05, 0.1) is 12.5 Å². The van der Waals surface area contributed by atoms with Crippen LogP contribution < -0.4 is 5.32 Å². The zero-order valence-corrected chi connectivity index (χ0v) is 14.0. The van der Waals surface area contributed by atoms with Crippen LogP contribution in [-0.2, 0) is 19.7 Å². The van der Waals surface area contributed by atoms with Gasteiger partial charge in [0.1, 0.15) is 0 Å². The summed E-state index contributed by atoms with van der Waals surface area (Å²) in [7, 11) is 1.40. The molecule has 0 aromatic carbocycles. The van der Waals surface area contributed by atoms with Crippen LogP contribution in [0.25, 0.3) is 0 Å². The third-order valence-electron chi connectivity index (χ3n) is 4.46. The van der Waals surface area contributed by atoms with E-state index in [2.05, 4.69) is 21.5 Å². The predicted octanol–water partition coefficient (Wildman–Crippen LogP) is 3.41. The first-order valence-corrected chi connectivity index (χ1v) is 8.96. The summed E-state index contributed by atoms with van der Waals surface area (Å²) in [6.45, 7) is 0.628. The quantitative estimate of drug-likeness (QED) is 0.618. The van der Waals surface area contributed by atoms with Crippen LogP contribution in [0.2, 0.25) is 0 Å². The van der Waals surface area contributed by atoms with E-state index in [9.17, 15) is 9.59 Å². The molecule has 0 spiro atoms. The number of unbranched alkanes of at least 4 members (excludes halogenated alkanes) is 1. The smallest absolute Gasteiger partial charge is 0.305 e. The third kappa shape index (κ3) is 4.09. The molecule has 2 rings (SSSR count). The number of hydrogen-bond donors (Lipinski definition) is 1. The van der Waals surface area contributed by atoms with Crippen molar-refractivity contribution in [3.05, 3.63) is 22.4 Å². The Hall–Kier alpha value is -1.36. The predicted molar refractivity (Wildman–Crippen MR) is 88.0 cm³/mol. The van der Waals surface area contributed by atoms with Gasteiger partial charge in [-0.1, -0.05) is 25.3 Å². The van der Waals surface area contributed by atoms with E-state index in [4.69, 9.17) is 0 Å². The molecule has 0 radical (unpaired) electrons. The number of thiophene rings is 1. The minimum Gasteiger partial charge on any atom is -0.469 e. The second-order valence-electron chi connectivity index (χ2n) is 5.91. The number of amides is 1. The highest BCUT2D eigenvalue weighted by Crippen LogP contribution is 2.41. The van der Waals surface area contributed by atoms with Crippen molar-refractivity contribution < 1.29 is 14.3 Å². The number of methoxy groups -OCH3 is 1. The molecule has 5 heteroatoms. The Morgan fingerprint density at radius 2 is 2.05 bits per heavy atom. The monoisotopic (exact) mass is 323 g/mol. The van der Waals surface area contributed by atoms with E-state index in [1.54, 1.807) is 11.3 Å². The topological polar surface area (TPSA) is 55.4 Å². The summed E-state index contributed by atoms with van der Waals surface area (Å²) in [5.41, 5.74) is -0.325. The third-order valence-corrected chi connectivity index (χ3v) is 5.53. The molecule has 4 nitrogen and oxygen atoms in total. The van der Waals surface area contributed by atoms with Gasteiger partial charge in [-0.3, -0.25) is 9.59 Å². The largest absolute Gasteiger partial charge is 0.469 e. The van der Waals surface area contributed by atoms with Crippen LogP contribution in [-0.4, -0.2) is 25.5 Å². The first kappa shape index (κ1) is 17.0. The highest BCUT2D eigenvalue weighted by molar-refractivity contribution is 7.10. The number of esters is 1. The average Bonchev–Trinajstić information content (AvgIpc) is 3.09. The Morgan fingerprint density at radius 1 is 1.27 bits per heavy atom. The Balaban J connectivity index is 1.86. The van der Waals surface area contributed by atoms with E-state index >= 15 is 0 Å². The lowest BCUT2D eigenvalue weighted by atomic mass is 9.72. The fourth-order valence-electron chi connectivity index (χ4n) is 3.16. The Labute approximate surface area is 136 Å². The summed E-state index contributed by atoms with van der Waals surface area (Å²) < 4.78 is 4.61. The minimum atomic E-state index is -0.325. The number of carbonyl (C=O) groups is 2. The van der Waals surface area contributed by atoms with E-state index in [-0.39, 0.29) is 17.3 Å². The van der Waals surface area contributed by atoms with Crippen LogP contribution in [0.1, 0.15) is 56.2 Å². The molecule has 0 atom stereocenters.